The highest BCUT2D eigenvalue weighted by Gasteiger charge is 2.49. The minimum Gasteiger partial charge on any atom is -0.455 e. The van der Waals surface area contributed by atoms with Crippen molar-refractivity contribution in [2.75, 3.05) is 21.3 Å². The van der Waals surface area contributed by atoms with Crippen molar-refractivity contribution in [3.05, 3.63) is 12.2 Å². The van der Waals surface area contributed by atoms with E-state index in [2.05, 4.69) is 0 Å². The molecule has 0 spiro atoms. The highest BCUT2D eigenvalue weighted by atomic mass is 28.4. The van der Waals surface area contributed by atoms with E-state index in [9.17, 15) is 4.79 Å². The molecule has 0 aliphatic carbocycles. The summed E-state index contributed by atoms with van der Waals surface area (Å²) in [4.78, 5) is 11.4. The van der Waals surface area contributed by atoms with E-state index in [0.29, 0.717) is 6.42 Å². The van der Waals surface area contributed by atoms with E-state index in [1.54, 1.807) is 13.0 Å². The summed E-state index contributed by atoms with van der Waals surface area (Å²) in [7, 11) is 1.56. The summed E-state index contributed by atoms with van der Waals surface area (Å²) < 4.78 is 21.0. The molecule has 1 unspecified atom stereocenters. The molecule has 16 heavy (non-hydrogen) atoms. The Morgan fingerprint density at radius 1 is 1.25 bits per heavy atom. The largest absolute Gasteiger partial charge is 0.543 e. The van der Waals surface area contributed by atoms with Crippen LogP contribution in [0.4, 0.5) is 0 Å². The number of carbonyl (C=O) groups excluding carboxylic acids is 1. The molecular formula is C10H20O5Si. The van der Waals surface area contributed by atoms with Crippen LogP contribution in [0, 0.1) is 0 Å². The molecule has 0 rings (SSSR count). The van der Waals surface area contributed by atoms with Crippen LogP contribution in [-0.2, 0) is 22.8 Å². The van der Waals surface area contributed by atoms with Crippen molar-refractivity contribution in [2.24, 2.45) is 0 Å². The summed E-state index contributed by atoms with van der Waals surface area (Å²) in [6.07, 6.45) is 3.54. The summed E-state index contributed by atoms with van der Waals surface area (Å²) in [5.74, 6) is -0.419. The minimum absolute atomic E-state index is 0.419. The lowest BCUT2D eigenvalue weighted by Gasteiger charge is -2.30. The van der Waals surface area contributed by atoms with Gasteiger partial charge in [-0.15, -0.1) is 0 Å². The van der Waals surface area contributed by atoms with Crippen LogP contribution in [0.1, 0.15) is 20.3 Å². The molecule has 0 heterocycles. The molecule has 6 heteroatoms. The van der Waals surface area contributed by atoms with Gasteiger partial charge in [-0.1, -0.05) is 13.0 Å². The smallest absolute Gasteiger partial charge is 0.455 e. The molecule has 0 fully saturated rings. The molecule has 0 aromatic heterocycles. The summed E-state index contributed by atoms with van der Waals surface area (Å²) in [6.45, 7) is 3.63. The Morgan fingerprint density at radius 2 is 1.75 bits per heavy atom. The third kappa shape index (κ3) is 3.71. The second-order valence-corrected chi connectivity index (χ2v) is 6.13. The van der Waals surface area contributed by atoms with Crippen LogP contribution < -0.4 is 0 Å². The first-order chi connectivity index (χ1) is 7.60. The van der Waals surface area contributed by atoms with Crippen molar-refractivity contribution >= 4 is 14.8 Å². The van der Waals surface area contributed by atoms with Gasteiger partial charge in [0, 0.05) is 27.4 Å². The molecule has 0 N–H and O–H groups in total. The SMILES string of the molecule is CC=CC(=O)OC(CC)[Si](OC)(OC)OC. The molecule has 0 saturated heterocycles. The zero-order chi connectivity index (χ0) is 12.6. The predicted octanol–water partition coefficient (Wildman–Crippen LogP) is 1.30. The number of rotatable bonds is 7. The van der Waals surface area contributed by atoms with Crippen LogP contribution in [-0.4, -0.2) is 41.8 Å². The summed E-state index contributed by atoms with van der Waals surface area (Å²) in [5, 5.41) is 0. The zero-order valence-electron chi connectivity index (χ0n) is 10.5. The first-order valence-electron chi connectivity index (χ1n) is 5.08. The van der Waals surface area contributed by atoms with Gasteiger partial charge < -0.3 is 18.0 Å². The second-order valence-electron chi connectivity index (χ2n) is 3.05. The van der Waals surface area contributed by atoms with Crippen LogP contribution in [0.2, 0.25) is 0 Å². The van der Waals surface area contributed by atoms with Crippen molar-refractivity contribution in [3.8, 4) is 0 Å². The molecule has 94 valence electrons. The summed E-state index contributed by atoms with van der Waals surface area (Å²) >= 11 is 0. The van der Waals surface area contributed by atoms with Crippen LogP contribution in [0.15, 0.2) is 12.2 Å². The van der Waals surface area contributed by atoms with E-state index in [1.165, 1.54) is 27.4 Å². The molecule has 0 aromatic carbocycles. The minimum atomic E-state index is -2.92. The molecule has 0 aliphatic heterocycles. The molecule has 1 atom stereocenters. The van der Waals surface area contributed by atoms with E-state index in [0.717, 1.165) is 0 Å². The van der Waals surface area contributed by atoms with Gasteiger partial charge in [-0.2, -0.15) is 0 Å². The lowest BCUT2D eigenvalue weighted by molar-refractivity contribution is -0.142. The number of allylic oxidation sites excluding steroid dienone is 1. The van der Waals surface area contributed by atoms with Gasteiger partial charge in [0.25, 0.3) is 0 Å². The monoisotopic (exact) mass is 248 g/mol. The Kier molecular flexibility index (Phi) is 7.23. The van der Waals surface area contributed by atoms with Crippen LogP contribution >= 0.6 is 0 Å². The van der Waals surface area contributed by atoms with Crippen molar-refractivity contribution in [1.29, 1.82) is 0 Å². The van der Waals surface area contributed by atoms with Gasteiger partial charge in [-0.3, -0.25) is 0 Å². The average Bonchev–Trinajstić information content (AvgIpc) is 2.30. The van der Waals surface area contributed by atoms with Crippen LogP contribution in [0.25, 0.3) is 0 Å². The number of ether oxygens (including phenoxy) is 1. The maximum absolute atomic E-state index is 11.4. The van der Waals surface area contributed by atoms with Crippen molar-refractivity contribution < 1.29 is 22.8 Å². The highest BCUT2D eigenvalue weighted by Crippen LogP contribution is 2.18. The van der Waals surface area contributed by atoms with Gasteiger partial charge in [0.15, 0.2) is 5.73 Å². The average molecular weight is 248 g/mol. The van der Waals surface area contributed by atoms with E-state index < -0.39 is 20.5 Å². The lowest BCUT2D eigenvalue weighted by Crippen LogP contribution is -2.55. The first-order valence-corrected chi connectivity index (χ1v) is 6.89. The molecular weight excluding hydrogens is 228 g/mol. The van der Waals surface area contributed by atoms with Crippen molar-refractivity contribution in [1.82, 2.24) is 0 Å². The molecule has 0 bridgehead atoms. The van der Waals surface area contributed by atoms with Crippen molar-refractivity contribution in [3.63, 3.8) is 0 Å². The van der Waals surface area contributed by atoms with Gasteiger partial charge in [-0.05, 0) is 13.3 Å². The quantitative estimate of drug-likeness (QED) is 0.386. The molecule has 0 amide bonds. The van der Waals surface area contributed by atoms with Crippen LogP contribution in [0.5, 0.6) is 0 Å². The Morgan fingerprint density at radius 3 is 2.06 bits per heavy atom. The Bertz CT molecular complexity index is 229. The summed E-state index contributed by atoms with van der Waals surface area (Å²) in [5.41, 5.74) is -0.490. The third-order valence-corrected chi connectivity index (χ3v) is 5.20. The van der Waals surface area contributed by atoms with Gasteiger partial charge in [-0.25, -0.2) is 4.79 Å². The Hall–Kier alpha value is -0.693. The predicted molar refractivity (Wildman–Crippen MR) is 61.8 cm³/mol. The molecule has 0 aromatic rings. The Labute approximate surface area is 97.7 Å². The fourth-order valence-corrected chi connectivity index (χ4v) is 3.41. The topological polar surface area (TPSA) is 54.0 Å². The molecule has 0 saturated carbocycles. The number of hydrogen-bond donors (Lipinski definition) is 0. The highest BCUT2D eigenvalue weighted by molar-refractivity contribution is 6.62. The number of hydrogen-bond acceptors (Lipinski definition) is 5. The fraction of sp³-hybridized carbons (Fsp3) is 0.700. The van der Waals surface area contributed by atoms with Crippen LogP contribution in [0.3, 0.4) is 0 Å². The number of carbonyl (C=O) groups is 1. The van der Waals surface area contributed by atoms with Gasteiger partial charge in [0.05, 0.1) is 0 Å². The first kappa shape index (κ1) is 15.3. The van der Waals surface area contributed by atoms with E-state index in [1.807, 2.05) is 6.92 Å². The van der Waals surface area contributed by atoms with E-state index >= 15 is 0 Å². The van der Waals surface area contributed by atoms with E-state index in [4.69, 9.17) is 18.0 Å². The fourth-order valence-electron chi connectivity index (χ4n) is 1.37. The summed E-state index contributed by atoms with van der Waals surface area (Å²) in [6, 6.07) is 0. The maximum Gasteiger partial charge on any atom is 0.543 e. The lowest BCUT2D eigenvalue weighted by atomic mass is 10.5. The maximum atomic E-state index is 11.4. The standard InChI is InChI=1S/C10H20O5Si/c1-6-8-9(11)15-10(7-2)16(12-3,13-4)14-5/h6,8,10H,7H2,1-5H3. The van der Waals surface area contributed by atoms with Crippen molar-refractivity contribution in [2.45, 2.75) is 26.0 Å². The number of esters is 1. The second kappa shape index (κ2) is 7.56. The zero-order valence-corrected chi connectivity index (χ0v) is 11.5. The molecule has 0 radical (unpaired) electrons. The van der Waals surface area contributed by atoms with Gasteiger partial charge in [0.2, 0.25) is 0 Å². The molecule has 0 aliphatic rings. The third-order valence-electron chi connectivity index (χ3n) is 2.18. The Balaban J connectivity index is 4.74. The van der Waals surface area contributed by atoms with Gasteiger partial charge in [0.1, 0.15) is 0 Å². The molecule has 5 nitrogen and oxygen atoms in total. The van der Waals surface area contributed by atoms with Gasteiger partial charge >= 0.3 is 14.8 Å². The van der Waals surface area contributed by atoms with E-state index in [-0.39, 0.29) is 0 Å². The normalized spacial score (nSPS) is 14.1.